The number of benzene rings is 1. The number of aromatic nitrogens is 2. The van der Waals surface area contributed by atoms with Gasteiger partial charge in [-0.15, -0.1) is 12.4 Å². The molecule has 0 amide bonds. The molecule has 0 atom stereocenters. The third-order valence-electron chi connectivity index (χ3n) is 2.51. The second-order valence-electron chi connectivity index (χ2n) is 3.64. The quantitative estimate of drug-likeness (QED) is 0.921. The number of halogens is 2. The van der Waals surface area contributed by atoms with Crippen LogP contribution in [0.15, 0.2) is 30.7 Å². The highest BCUT2D eigenvalue weighted by molar-refractivity contribution is 5.85. The van der Waals surface area contributed by atoms with E-state index < -0.39 is 5.82 Å². The number of hydrogen-bond donors (Lipinski definition) is 1. The fourth-order valence-electron chi connectivity index (χ4n) is 1.60. The summed E-state index contributed by atoms with van der Waals surface area (Å²) in [5.74, 6) is -0.501. The van der Waals surface area contributed by atoms with Crippen LogP contribution in [-0.2, 0) is 13.1 Å². The first-order valence-corrected chi connectivity index (χ1v) is 5.12. The zero-order chi connectivity index (χ0) is 12.3. The van der Waals surface area contributed by atoms with Crippen LogP contribution in [0, 0.1) is 17.1 Å². The van der Waals surface area contributed by atoms with Crippen LogP contribution in [0.3, 0.4) is 0 Å². The summed E-state index contributed by atoms with van der Waals surface area (Å²) >= 11 is 0. The standard InChI is InChI=1S/C12H11FN4.ClH/c13-12-3-9(1-2-10(12)4-14)7-17-8-16-6-11(17)5-15;/h1-3,6,8H,5,7,15H2;1H. The normalized spacial score (nSPS) is 9.61. The summed E-state index contributed by atoms with van der Waals surface area (Å²) < 4.78 is 15.2. The Morgan fingerprint density at radius 2 is 2.22 bits per heavy atom. The summed E-state index contributed by atoms with van der Waals surface area (Å²) in [5.41, 5.74) is 7.26. The molecule has 0 fully saturated rings. The first-order valence-electron chi connectivity index (χ1n) is 5.12. The molecular weight excluding hydrogens is 255 g/mol. The van der Waals surface area contributed by atoms with Gasteiger partial charge in [0.1, 0.15) is 11.9 Å². The van der Waals surface area contributed by atoms with Crippen LogP contribution < -0.4 is 5.73 Å². The van der Waals surface area contributed by atoms with Crippen molar-refractivity contribution in [3.63, 3.8) is 0 Å². The van der Waals surface area contributed by atoms with Crippen molar-refractivity contribution in [2.45, 2.75) is 13.1 Å². The monoisotopic (exact) mass is 266 g/mol. The molecule has 0 aliphatic rings. The second-order valence-corrected chi connectivity index (χ2v) is 3.64. The van der Waals surface area contributed by atoms with Crippen LogP contribution in [0.25, 0.3) is 0 Å². The SMILES string of the molecule is Cl.N#Cc1ccc(Cn2cncc2CN)cc1F. The number of imidazole rings is 1. The summed E-state index contributed by atoms with van der Waals surface area (Å²) in [4.78, 5) is 3.98. The van der Waals surface area contributed by atoms with Crippen molar-refractivity contribution < 1.29 is 4.39 Å². The van der Waals surface area contributed by atoms with Crippen molar-refractivity contribution in [3.05, 3.63) is 53.4 Å². The zero-order valence-corrected chi connectivity index (χ0v) is 10.3. The molecule has 1 aromatic heterocycles. The van der Waals surface area contributed by atoms with Gasteiger partial charge in [0.05, 0.1) is 17.6 Å². The third kappa shape index (κ3) is 2.86. The minimum Gasteiger partial charge on any atom is -0.329 e. The van der Waals surface area contributed by atoms with Gasteiger partial charge in [0, 0.05) is 19.3 Å². The minimum absolute atomic E-state index is 0. The van der Waals surface area contributed by atoms with Crippen molar-refractivity contribution in [2.24, 2.45) is 5.73 Å². The Balaban J connectivity index is 0.00000162. The van der Waals surface area contributed by atoms with Gasteiger partial charge in [-0.3, -0.25) is 0 Å². The molecule has 0 aliphatic heterocycles. The lowest BCUT2D eigenvalue weighted by molar-refractivity contribution is 0.618. The molecule has 0 aliphatic carbocycles. The van der Waals surface area contributed by atoms with E-state index in [0.29, 0.717) is 13.1 Å². The fraction of sp³-hybridized carbons (Fsp3) is 0.167. The molecule has 0 bridgehead atoms. The number of nitrogens with two attached hydrogens (primary N) is 1. The summed E-state index contributed by atoms with van der Waals surface area (Å²) in [6.45, 7) is 0.883. The van der Waals surface area contributed by atoms with E-state index in [1.807, 2.05) is 4.57 Å². The Kier molecular flexibility index (Phi) is 4.84. The van der Waals surface area contributed by atoms with Crippen LogP contribution in [0.4, 0.5) is 4.39 Å². The summed E-state index contributed by atoms with van der Waals surface area (Å²) in [5, 5.41) is 8.63. The van der Waals surface area contributed by atoms with Crippen molar-refractivity contribution in [1.82, 2.24) is 9.55 Å². The van der Waals surface area contributed by atoms with Gasteiger partial charge in [-0.25, -0.2) is 9.37 Å². The lowest BCUT2D eigenvalue weighted by atomic mass is 10.1. The molecule has 0 spiro atoms. The largest absolute Gasteiger partial charge is 0.329 e. The smallest absolute Gasteiger partial charge is 0.141 e. The maximum absolute atomic E-state index is 13.4. The van der Waals surface area contributed by atoms with Gasteiger partial charge in [0.2, 0.25) is 0 Å². The topological polar surface area (TPSA) is 67.6 Å². The van der Waals surface area contributed by atoms with E-state index >= 15 is 0 Å². The Bertz CT molecular complexity index is 574. The van der Waals surface area contributed by atoms with Crippen molar-refractivity contribution in [3.8, 4) is 6.07 Å². The van der Waals surface area contributed by atoms with Gasteiger partial charge in [-0.1, -0.05) is 6.07 Å². The first-order chi connectivity index (χ1) is 8.24. The molecule has 1 aromatic carbocycles. The summed E-state index contributed by atoms with van der Waals surface area (Å²) in [6, 6.07) is 6.35. The molecule has 4 nitrogen and oxygen atoms in total. The highest BCUT2D eigenvalue weighted by atomic mass is 35.5. The maximum atomic E-state index is 13.4. The number of hydrogen-bond acceptors (Lipinski definition) is 3. The van der Waals surface area contributed by atoms with Gasteiger partial charge in [0.15, 0.2) is 0 Å². The molecule has 2 N–H and O–H groups in total. The Labute approximate surface area is 110 Å². The predicted molar refractivity (Wildman–Crippen MR) is 67.6 cm³/mol. The molecule has 2 aromatic rings. The average Bonchev–Trinajstić information content (AvgIpc) is 2.76. The highest BCUT2D eigenvalue weighted by Crippen LogP contribution is 2.11. The van der Waals surface area contributed by atoms with Gasteiger partial charge in [-0.2, -0.15) is 5.26 Å². The van der Waals surface area contributed by atoms with Gasteiger partial charge < -0.3 is 10.3 Å². The summed E-state index contributed by atoms with van der Waals surface area (Å²) in [6.07, 6.45) is 3.33. The predicted octanol–water partition coefficient (Wildman–Crippen LogP) is 1.82. The molecular formula is C12H12ClFN4. The van der Waals surface area contributed by atoms with E-state index in [-0.39, 0.29) is 18.0 Å². The first kappa shape index (κ1) is 14.2. The molecule has 0 saturated carbocycles. The maximum Gasteiger partial charge on any atom is 0.141 e. The Hall–Kier alpha value is -1.90. The zero-order valence-electron chi connectivity index (χ0n) is 9.51. The lowest BCUT2D eigenvalue weighted by Gasteiger charge is -2.07. The van der Waals surface area contributed by atoms with E-state index in [4.69, 9.17) is 11.0 Å². The van der Waals surface area contributed by atoms with Gasteiger partial charge in [0.25, 0.3) is 0 Å². The Morgan fingerprint density at radius 3 is 2.83 bits per heavy atom. The van der Waals surface area contributed by atoms with Crippen LogP contribution in [-0.4, -0.2) is 9.55 Å². The van der Waals surface area contributed by atoms with Crippen LogP contribution >= 0.6 is 12.4 Å². The highest BCUT2D eigenvalue weighted by Gasteiger charge is 2.05. The van der Waals surface area contributed by atoms with Crippen molar-refractivity contribution in [1.29, 1.82) is 5.26 Å². The molecule has 0 unspecified atom stereocenters. The molecule has 1 heterocycles. The number of nitrogens with zero attached hydrogens (tertiary/aromatic N) is 3. The third-order valence-corrected chi connectivity index (χ3v) is 2.51. The van der Waals surface area contributed by atoms with Crippen LogP contribution in [0.2, 0.25) is 0 Å². The van der Waals surface area contributed by atoms with Gasteiger partial charge >= 0.3 is 0 Å². The molecule has 6 heteroatoms. The van der Waals surface area contributed by atoms with E-state index in [1.165, 1.54) is 12.1 Å². The van der Waals surface area contributed by atoms with Crippen LogP contribution in [0.1, 0.15) is 16.8 Å². The second kappa shape index (κ2) is 6.15. The van der Waals surface area contributed by atoms with Gasteiger partial charge in [-0.05, 0) is 17.7 Å². The number of nitriles is 1. The average molecular weight is 267 g/mol. The van der Waals surface area contributed by atoms with E-state index in [1.54, 1.807) is 24.7 Å². The van der Waals surface area contributed by atoms with E-state index in [2.05, 4.69) is 4.98 Å². The number of rotatable bonds is 3. The Morgan fingerprint density at radius 1 is 1.44 bits per heavy atom. The lowest BCUT2D eigenvalue weighted by Crippen LogP contribution is -2.07. The molecule has 18 heavy (non-hydrogen) atoms. The summed E-state index contributed by atoms with van der Waals surface area (Å²) in [7, 11) is 0. The molecule has 0 saturated heterocycles. The molecule has 2 rings (SSSR count). The molecule has 94 valence electrons. The van der Waals surface area contributed by atoms with Crippen molar-refractivity contribution in [2.75, 3.05) is 0 Å². The minimum atomic E-state index is -0.501. The van der Waals surface area contributed by atoms with Crippen LogP contribution in [0.5, 0.6) is 0 Å². The van der Waals surface area contributed by atoms with E-state index in [0.717, 1.165) is 11.3 Å². The van der Waals surface area contributed by atoms with E-state index in [9.17, 15) is 4.39 Å². The van der Waals surface area contributed by atoms with Crippen molar-refractivity contribution >= 4 is 12.4 Å². The molecule has 0 radical (unpaired) electrons. The fourth-order valence-corrected chi connectivity index (χ4v) is 1.60.